The van der Waals surface area contributed by atoms with E-state index in [-0.39, 0.29) is 0 Å². The van der Waals surface area contributed by atoms with E-state index >= 15 is 0 Å². The Kier molecular flexibility index (Phi) is 6.79. The zero-order valence-corrected chi connectivity index (χ0v) is 18.6. The molecular formula is C24H18ClN3O3S. The van der Waals surface area contributed by atoms with Gasteiger partial charge in [0.2, 0.25) is 5.13 Å². The average Bonchev–Trinajstić information content (AvgIpc) is 3.30. The molecule has 0 saturated carbocycles. The van der Waals surface area contributed by atoms with Crippen LogP contribution in [0.3, 0.4) is 0 Å². The van der Waals surface area contributed by atoms with E-state index in [0.29, 0.717) is 27.2 Å². The minimum absolute atomic E-state index is 0.310. The van der Waals surface area contributed by atoms with E-state index < -0.39 is 5.97 Å². The fourth-order valence-electron chi connectivity index (χ4n) is 2.82. The maximum absolute atomic E-state index is 12.3. The Hall–Kier alpha value is -3.68. The van der Waals surface area contributed by atoms with Crippen LogP contribution >= 0.6 is 22.9 Å². The average molecular weight is 464 g/mol. The van der Waals surface area contributed by atoms with Gasteiger partial charge in [-0.25, -0.2) is 9.78 Å². The van der Waals surface area contributed by atoms with Crippen molar-refractivity contribution in [1.29, 1.82) is 0 Å². The van der Waals surface area contributed by atoms with Crippen LogP contribution in [0.15, 0.2) is 83.3 Å². The first kappa shape index (κ1) is 21.5. The van der Waals surface area contributed by atoms with Gasteiger partial charge in [-0.15, -0.1) is 11.3 Å². The fourth-order valence-corrected chi connectivity index (χ4v) is 3.62. The molecule has 0 unspecified atom stereocenters. The molecule has 0 aliphatic heterocycles. The summed E-state index contributed by atoms with van der Waals surface area (Å²) in [5, 5.41) is 7.44. The van der Waals surface area contributed by atoms with E-state index in [9.17, 15) is 4.79 Å². The van der Waals surface area contributed by atoms with Crippen molar-refractivity contribution in [2.75, 3.05) is 12.5 Å². The molecule has 0 fully saturated rings. The van der Waals surface area contributed by atoms with E-state index in [1.54, 1.807) is 48.7 Å². The van der Waals surface area contributed by atoms with Gasteiger partial charge in [-0.1, -0.05) is 41.9 Å². The van der Waals surface area contributed by atoms with Crippen molar-refractivity contribution in [1.82, 2.24) is 4.98 Å². The third kappa shape index (κ3) is 5.32. The lowest BCUT2D eigenvalue weighted by atomic mass is 10.2. The Morgan fingerprint density at radius 2 is 1.84 bits per heavy atom. The number of hydrogen-bond donors (Lipinski definition) is 1. The van der Waals surface area contributed by atoms with E-state index in [2.05, 4.69) is 15.5 Å². The second kappa shape index (κ2) is 10.1. The Morgan fingerprint density at radius 1 is 1.06 bits per heavy atom. The summed E-state index contributed by atoms with van der Waals surface area (Å²) >= 11 is 7.33. The van der Waals surface area contributed by atoms with Gasteiger partial charge >= 0.3 is 5.97 Å². The van der Waals surface area contributed by atoms with Gasteiger partial charge in [-0.2, -0.15) is 5.10 Å². The highest BCUT2D eigenvalue weighted by molar-refractivity contribution is 7.14. The zero-order valence-electron chi connectivity index (χ0n) is 17.0. The summed E-state index contributed by atoms with van der Waals surface area (Å²) < 4.78 is 10.8. The first-order valence-electron chi connectivity index (χ1n) is 9.58. The smallest absolute Gasteiger partial charge is 0.343 e. The third-order valence-electron chi connectivity index (χ3n) is 4.42. The summed E-state index contributed by atoms with van der Waals surface area (Å²) in [6.07, 6.45) is 1.64. The Balaban J connectivity index is 1.41. The highest BCUT2D eigenvalue weighted by Crippen LogP contribution is 2.29. The predicted molar refractivity (Wildman–Crippen MR) is 128 cm³/mol. The highest BCUT2D eigenvalue weighted by atomic mass is 35.5. The van der Waals surface area contributed by atoms with Crippen LogP contribution in [-0.4, -0.2) is 24.3 Å². The number of esters is 1. The number of nitrogens with zero attached hydrogens (tertiary/aromatic N) is 2. The summed E-state index contributed by atoms with van der Waals surface area (Å²) in [5.41, 5.74) is 6.03. The highest BCUT2D eigenvalue weighted by Gasteiger charge is 2.13. The van der Waals surface area contributed by atoms with Crippen LogP contribution in [0.1, 0.15) is 15.9 Å². The molecule has 1 N–H and O–H groups in total. The van der Waals surface area contributed by atoms with Crippen LogP contribution in [0.5, 0.6) is 11.5 Å². The summed E-state index contributed by atoms with van der Waals surface area (Å²) in [7, 11) is 1.51. The Labute approximate surface area is 194 Å². The number of aromatic nitrogens is 1. The topological polar surface area (TPSA) is 72.8 Å². The molecule has 0 aliphatic carbocycles. The van der Waals surface area contributed by atoms with Crippen molar-refractivity contribution in [3.05, 3.63) is 94.3 Å². The number of ether oxygens (including phenoxy) is 2. The van der Waals surface area contributed by atoms with E-state index in [1.165, 1.54) is 18.4 Å². The number of anilines is 1. The Bertz CT molecular complexity index is 1240. The first-order chi connectivity index (χ1) is 15.6. The molecule has 0 saturated heterocycles. The van der Waals surface area contributed by atoms with Crippen molar-refractivity contribution >= 4 is 40.3 Å². The maximum atomic E-state index is 12.3. The van der Waals surface area contributed by atoms with Gasteiger partial charge < -0.3 is 9.47 Å². The third-order valence-corrected chi connectivity index (χ3v) is 5.42. The molecular weight excluding hydrogens is 446 g/mol. The normalized spacial score (nSPS) is 10.8. The van der Waals surface area contributed by atoms with Crippen LogP contribution < -0.4 is 14.9 Å². The molecule has 0 spiro atoms. The molecule has 6 nitrogen and oxygen atoms in total. The second-order valence-corrected chi connectivity index (χ2v) is 7.88. The van der Waals surface area contributed by atoms with Crippen molar-refractivity contribution in [3.63, 3.8) is 0 Å². The SMILES string of the molecule is COc1cc(/C=N\Nc2nc(-c3ccccc3)cs2)ccc1OC(=O)c1ccc(Cl)cc1. The number of carbonyl (C=O) groups excluding carboxylic acids is 1. The number of hydrazone groups is 1. The van der Waals surface area contributed by atoms with Crippen LogP contribution in [0.2, 0.25) is 5.02 Å². The Morgan fingerprint density at radius 3 is 2.59 bits per heavy atom. The molecule has 0 aliphatic rings. The van der Waals surface area contributed by atoms with Gasteiger partial charge in [0.05, 0.1) is 24.6 Å². The predicted octanol–water partition coefficient (Wildman–Crippen LogP) is 6.14. The number of hydrogen-bond acceptors (Lipinski definition) is 7. The lowest BCUT2D eigenvalue weighted by Gasteiger charge is -2.10. The number of methoxy groups -OCH3 is 1. The van der Waals surface area contributed by atoms with Gasteiger partial charge in [0, 0.05) is 16.0 Å². The number of benzene rings is 3. The standard InChI is InChI=1S/C24H18ClN3O3S/c1-30-22-13-16(7-12-21(22)31-23(29)18-8-10-19(25)11-9-18)14-26-28-24-27-20(15-32-24)17-5-3-2-4-6-17/h2-15H,1H3,(H,27,28)/b26-14-. The first-order valence-corrected chi connectivity index (χ1v) is 10.8. The number of nitrogens with one attached hydrogen (secondary N) is 1. The lowest BCUT2D eigenvalue weighted by Crippen LogP contribution is -2.09. The number of thiazole rings is 1. The monoisotopic (exact) mass is 463 g/mol. The molecule has 4 rings (SSSR count). The molecule has 1 heterocycles. The zero-order chi connectivity index (χ0) is 22.3. The number of carbonyl (C=O) groups is 1. The molecule has 160 valence electrons. The molecule has 8 heteroatoms. The molecule has 0 atom stereocenters. The molecule has 32 heavy (non-hydrogen) atoms. The van der Waals surface area contributed by atoms with Crippen LogP contribution in [0.4, 0.5) is 5.13 Å². The lowest BCUT2D eigenvalue weighted by molar-refractivity contribution is 0.0729. The number of halogens is 1. The number of rotatable bonds is 7. The van der Waals surface area contributed by atoms with Crippen LogP contribution in [0, 0.1) is 0 Å². The molecule has 4 aromatic rings. The van der Waals surface area contributed by atoms with Crippen molar-refractivity contribution in [2.24, 2.45) is 5.10 Å². The quantitative estimate of drug-likeness (QED) is 0.154. The van der Waals surface area contributed by atoms with E-state index in [1.807, 2.05) is 35.7 Å². The van der Waals surface area contributed by atoms with Crippen LogP contribution in [-0.2, 0) is 0 Å². The van der Waals surface area contributed by atoms with Crippen LogP contribution in [0.25, 0.3) is 11.3 Å². The molecule has 3 aromatic carbocycles. The van der Waals surface area contributed by atoms with Crippen molar-refractivity contribution in [2.45, 2.75) is 0 Å². The fraction of sp³-hybridized carbons (Fsp3) is 0.0417. The summed E-state index contributed by atoms with van der Waals surface area (Å²) in [6, 6.07) is 21.6. The molecule has 0 amide bonds. The van der Waals surface area contributed by atoms with E-state index in [4.69, 9.17) is 21.1 Å². The second-order valence-electron chi connectivity index (χ2n) is 6.58. The minimum atomic E-state index is -0.499. The summed E-state index contributed by atoms with van der Waals surface area (Å²) in [5.74, 6) is 0.225. The minimum Gasteiger partial charge on any atom is -0.493 e. The van der Waals surface area contributed by atoms with Crippen molar-refractivity contribution in [3.8, 4) is 22.8 Å². The summed E-state index contributed by atoms with van der Waals surface area (Å²) in [4.78, 5) is 16.9. The van der Waals surface area contributed by atoms with E-state index in [0.717, 1.165) is 16.8 Å². The molecule has 1 aromatic heterocycles. The van der Waals surface area contributed by atoms with Gasteiger partial charge in [0.25, 0.3) is 0 Å². The van der Waals surface area contributed by atoms with Gasteiger partial charge in [-0.05, 0) is 48.0 Å². The molecule has 0 radical (unpaired) electrons. The van der Waals surface area contributed by atoms with Gasteiger partial charge in [-0.3, -0.25) is 5.43 Å². The van der Waals surface area contributed by atoms with Gasteiger partial charge in [0.15, 0.2) is 11.5 Å². The molecule has 0 bridgehead atoms. The summed E-state index contributed by atoms with van der Waals surface area (Å²) in [6.45, 7) is 0. The van der Waals surface area contributed by atoms with Crippen molar-refractivity contribution < 1.29 is 14.3 Å². The maximum Gasteiger partial charge on any atom is 0.343 e. The van der Waals surface area contributed by atoms with Gasteiger partial charge in [0.1, 0.15) is 0 Å². The largest absolute Gasteiger partial charge is 0.493 e.